The molecule has 0 saturated carbocycles. The number of carbonyl (C=O) groups excluding carboxylic acids is 1. The van der Waals surface area contributed by atoms with Gasteiger partial charge in [0.25, 0.3) is 5.91 Å². The van der Waals surface area contributed by atoms with E-state index in [1.807, 2.05) is 30.3 Å². The molecule has 0 unspecified atom stereocenters. The second-order valence-corrected chi connectivity index (χ2v) is 7.32. The second-order valence-electron chi connectivity index (χ2n) is 6.29. The Hall–Kier alpha value is -2.29. The highest BCUT2D eigenvalue weighted by molar-refractivity contribution is 7.17. The van der Waals surface area contributed by atoms with Crippen LogP contribution < -0.4 is 10.6 Å². The molecule has 27 heavy (non-hydrogen) atoms. The Morgan fingerprint density at radius 3 is 2.74 bits per heavy atom. The lowest BCUT2D eigenvalue weighted by atomic mass is 9.98. The molecule has 2 N–H and O–H groups in total. The summed E-state index contributed by atoms with van der Waals surface area (Å²) >= 11 is 1.37. The molecule has 1 aliphatic heterocycles. The van der Waals surface area contributed by atoms with E-state index in [9.17, 15) is 4.79 Å². The van der Waals surface area contributed by atoms with Crippen LogP contribution in [-0.2, 0) is 7.05 Å². The highest BCUT2D eigenvalue weighted by atomic mass is 35.5. The molecule has 3 heterocycles. The third kappa shape index (κ3) is 4.35. The zero-order valence-corrected chi connectivity index (χ0v) is 16.5. The Morgan fingerprint density at radius 1 is 1.26 bits per heavy atom. The topological polar surface area (TPSA) is 84.7 Å². The minimum absolute atomic E-state index is 0. The van der Waals surface area contributed by atoms with Gasteiger partial charge in [-0.25, -0.2) is 9.67 Å². The van der Waals surface area contributed by atoms with Gasteiger partial charge in [-0.3, -0.25) is 10.1 Å². The number of carbonyl (C=O) groups is 1. The summed E-state index contributed by atoms with van der Waals surface area (Å²) in [5.41, 5.74) is 1.00. The molecule has 0 radical (unpaired) electrons. The molecule has 1 fully saturated rings. The Bertz CT molecular complexity index is 904. The molecule has 0 atom stereocenters. The number of nitrogens with one attached hydrogen (secondary N) is 2. The van der Waals surface area contributed by atoms with Crippen molar-refractivity contribution in [3.8, 4) is 10.6 Å². The molecule has 1 aliphatic rings. The van der Waals surface area contributed by atoms with Gasteiger partial charge in [0.2, 0.25) is 5.95 Å². The van der Waals surface area contributed by atoms with E-state index in [0.717, 1.165) is 42.3 Å². The van der Waals surface area contributed by atoms with E-state index >= 15 is 0 Å². The Balaban J connectivity index is 0.00000210. The van der Waals surface area contributed by atoms with E-state index < -0.39 is 0 Å². The van der Waals surface area contributed by atoms with Crippen LogP contribution >= 0.6 is 23.7 Å². The highest BCUT2D eigenvalue weighted by Gasteiger charge is 2.22. The predicted octanol–water partition coefficient (Wildman–Crippen LogP) is 3.08. The van der Waals surface area contributed by atoms with Crippen LogP contribution in [0.5, 0.6) is 0 Å². The van der Waals surface area contributed by atoms with Crippen molar-refractivity contribution < 1.29 is 4.79 Å². The van der Waals surface area contributed by atoms with Crippen molar-refractivity contribution in [3.05, 3.63) is 47.2 Å². The fourth-order valence-corrected chi connectivity index (χ4v) is 3.84. The van der Waals surface area contributed by atoms with Crippen LogP contribution in [0.1, 0.15) is 34.3 Å². The number of piperidine rings is 1. The molecule has 0 bridgehead atoms. The molecular formula is C18H21ClN6OS. The van der Waals surface area contributed by atoms with E-state index in [-0.39, 0.29) is 18.3 Å². The van der Waals surface area contributed by atoms with E-state index in [1.165, 1.54) is 11.3 Å². The number of rotatable bonds is 4. The molecular weight excluding hydrogens is 384 g/mol. The number of halogens is 1. The third-order valence-corrected chi connectivity index (χ3v) is 5.50. The van der Waals surface area contributed by atoms with Gasteiger partial charge in [0.1, 0.15) is 9.88 Å². The lowest BCUT2D eigenvalue weighted by molar-refractivity contribution is 0.102. The average molecular weight is 405 g/mol. The molecule has 7 nitrogen and oxygen atoms in total. The SMILES string of the molecule is Cl.Cn1nc(C2CCNCC2)nc1NC(=O)c1cnc(-c2ccccc2)s1. The van der Waals surface area contributed by atoms with Gasteiger partial charge in [0.15, 0.2) is 5.82 Å². The van der Waals surface area contributed by atoms with Crippen LogP contribution in [0.2, 0.25) is 0 Å². The first kappa shape index (κ1) is 19.5. The van der Waals surface area contributed by atoms with Gasteiger partial charge >= 0.3 is 0 Å². The van der Waals surface area contributed by atoms with Crippen molar-refractivity contribution in [1.82, 2.24) is 25.1 Å². The average Bonchev–Trinajstić information content (AvgIpc) is 3.31. The number of benzene rings is 1. The fourth-order valence-electron chi connectivity index (χ4n) is 3.02. The number of aryl methyl sites for hydroxylation is 1. The summed E-state index contributed by atoms with van der Waals surface area (Å²) in [6.07, 6.45) is 3.64. The Morgan fingerprint density at radius 2 is 2.00 bits per heavy atom. The minimum atomic E-state index is -0.211. The molecule has 9 heteroatoms. The summed E-state index contributed by atoms with van der Waals surface area (Å²) < 4.78 is 1.63. The number of amides is 1. The molecule has 142 valence electrons. The quantitative estimate of drug-likeness (QED) is 0.698. The van der Waals surface area contributed by atoms with Crippen LogP contribution in [0.25, 0.3) is 10.6 Å². The van der Waals surface area contributed by atoms with E-state index in [2.05, 4.69) is 25.7 Å². The normalized spacial score (nSPS) is 14.6. The predicted molar refractivity (Wildman–Crippen MR) is 109 cm³/mol. The van der Waals surface area contributed by atoms with E-state index in [4.69, 9.17) is 0 Å². The molecule has 0 aliphatic carbocycles. The first-order valence-corrected chi connectivity index (χ1v) is 9.46. The van der Waals surface area contributed by atoms with Gasteiger partial charge in [-0.05, 0) is 25.9 Å². The molecule has 2 aromatic heterocycles. The highest BCUT2D eigenvalue weighted by Crippen LogP contribution is 2.26. The maximum atomic E-state index is 12.6. The van der Waals surface area contributed by atoms with Gasteiger partial charge in [-0.2, -0.15) is 10.1 Å². The number of anilines is 1. The van der Waals surface area contributed by atoms with Gasteiger partial charge in [0, 0.05) is 18.5 Å². The minimum Gasteiger partial charge on any atom is -0.317 e. The van der Waals surface area contributed by atoms with Crippen molar-refractivity contribution in [1.29, 1.82) is 0 Å². The van der Waals surface area contributed by atoms with Gasteiger partial charge < -0.3 is 5.32 Å². The lowest BCUT2D eigenvalue weighted by Crippen LogP contribution is -2.27. The number of nitrogens with zero attached hydrogens (tertiary/aromatic N) is 4. The maximum Gasteiger partial charge on any atom is 0.269 e. The van der Waals surface area contributed by atoms with Crippen molar-refractivity contribution in [2.24, 2.45) is 7.05 Å². The lowest BCUT2D eigenvalue weighted by Gasteiger charge is -2.19. The summed E-state index contributed by atoms with van der Waals surface area (Å²) in [4.78, 5) is 22.0. The van der Waals surface area contributed by atoms with Crippen LogP contribution in [0.15, 0.2) is 36.5 Å². The molecule has 4 rings (SSSR count). The van der Waals surface area contributed by atoms with Crippen LogP contribution in [0, 0.1) is 0 Å². The summed E-state index contributed by atoms with van der Waals surface area (Å²) in [5.74, 6) is 1.41. The van der Waals surface area contributed by atoms with Crippen LogP contribution in [-0.4, -0.2) is 38.7 Å². The first-order valence-electron chi connectivity index (χ1n) is 8.65. The van der Waals surface area contributed by atoms with Gasteiger partial charge in [0.05, 0.1) is 6.20 Å². The van der Waals surface area contributed by atoms with Crippen molar-refractivity contribution >= 4 is 35.6 Å². The Labute approximate surface area is 167 Å². The summed E-state index contributed by atoms with van der Waals surface area (Å²) in [7, 11) is 1.80. The summed E-state index contributed by atoms with van der Waals surface area (Å²) in [6.45, 7) is 1.96. The third-order valence-electron chi connectivity index (χ3n) is 4.46. The standard InChI is InChI=1S/C18H20N6OS.ClH/c1-24-18(21-15(23-24)12-7-9-19-10-8-12)22-16(25)14-11-20-17(26-14)13-5-3-2-4-6-13;/h2-6,11-12,19H,7-10H2,1H3,(H,21,22,23,25);1H. The van der Waals surface area contributed by atoms with Crippen LogP contribution in [0.4, 0.5) is 5.95 Å². The second kappa shape index (κ2) is 8.60. The molecule has 1 amide bonds. The smallest absolute Gasteiger partial charge is 0.269 e. The summed E-state index contributed by atoms with van der Waals surface area (Å²) in [5, 5.41) is 11.5. The molecule has 1 aromatic carbocycles. The van der Waals surface area contributed by atoms with Crippen molar-refractivity contribution in [2.45, 2.75) is 18.8 Å². The number of thiazole rings is 1. The largest absolute Gasteiger partial charge is 0.317 e. The van der Waals surface area contributed by atoms with E-state index in [0.29, 0.717) is 16.7 Å². The zero-order chi connectivity index (χ0) is 17.9. The van der Waals surface area contributed by atoms with E-state index in [1.54, 1.807) is 17.9 Å². The first-order chi connectivity index (χ1) is 12.7. The van der Waals surface area contributed by atoms with Crippen molar-refractivity contribution in [3.63, 3.8) is 0 Å². The zero-order valence-electron chi connectivity index (χ0n) is 14.9. The fraction of sp³-hybridized carbons (Fsp3) is 0.333. The summed E-state index contributed by atoms with van der Waals surface area (Å²) in [6, 6.07) is 9.83. The monoisotopic (exact) mass is 404 g/mol. The van der Waals surface area contributed by atoms with Gasteiger partial charge in [-0.15, -0.1) is 23.7 Å². The molecule has 1 saturated heterocycles. The Kier molecular flexibility index (Phi) is 6.20. The maximum absolute atomic E-state index is 12.6. The number of hydrogen-bond acceptors (Lipinski definition) is 6. The van der Waals surface area contributed by atoms with Crippen LogP contribution in [0.3, 0.4) is 0 Å². The number of aromatic nitrogens is 4. The molecule has 0 spiro atoms. The van der Waals surface area contributed by atoms with Crippen molar-refractivity contribution in [2.75, 3.05) is 18.4 Å². The number of hydrogen-bond donors (Lipinski definition) is 2. The molecule has 3 aromatic rings. The van der Waals surface area contributed by atoms with Gasteiger partial charge in [-0.1, -0.05) is 30.3 Å².